The maximum Gasteiger partial charge on any atom is 0.194 e. The molecule has 138 valence electrons. The van der Waals surface area contributed by atoms with Crippen LogP contribution in [0.4, 0.5) is 0 Å². The van der Waals surface area contributed by atoms with Crippen LogP contribution in [-0.4, -0.2) is 16.6 Å². The lowest BCUT2D eigenvalue weighted by Crippen LogP contribution is -2.27. The number of hydrogen-bond acceptors (Lipinski definition) is 5. The van der Waals surface area contributed by atoms with Gasteiger partial charge < -0.3 is 14.2 Å². The molecular formula is C22H22N2O3. The molecule has 0 atom stereocenters. The molecule has 0 N–H and O–H groups in total. The number of benzene rings is 2. The monoisotopic (exact) mass is 362 g/mol. The van der Waals surface area contributed by atoms with Crippen LogP contribution in [-0.2, 0) is 9.47 Å². The minimum atomic E-state index is -0.463. The van der Waals surface area contributed by atoms with Crippen molar-refractivity contribution in [2.45, 2.75) is 32.3 Å². The van der Waals surface area contributed by atoms with E-state index >= 15 is 0 Å². The van der Waals surface area contributed by atoms with Gasteiger partial charge in [-0.2, -0.15) is 0 Å². The molecule has 1 saturated heterocycles. The van der Waals surface area contributed by atoms with Gasteiger partial charge in [0.25, 0.3) is 0 Å². The van der Waals surface area contributed by atoms with Crippen LogP contribution >= 0.6 is 0 Å². The largest absolute Gasteiger partial charge is 0.493 e. The summed E-state index contributed by atoms with van der Waals surface area (Å²) in [7, 11) is 0. The van der Waals surface area contributed by atoms with Gasteiger partial charge in [0.15, 0.2) is 18.4 Å². The zero-order valence-corrected chi connectivity index (χ0v) is 15.2. The average Bonchev–Trinajstić information content (AvgIpc) is 2.69. The van der Waals surface area contributed by atoms with Crippen molar-refractivity contribution in [3.8, 4) is 17.1 Å². The van der Waals surface area contributed by atoms with Gasteiger partial charge in [-0.3, -0.25) is 0 Å². The molecule has 5 nitrogen and oxygen atoms in total. The van der Waals surface area contributed by atoms with Crippen LogP contribution in [0.3, 0.4) is 0 Å². The van der Waals surface area contributed by atoms with Crippen molar-refractivity contribution in [1.82, 2.24) is 9.97 Å². The van der Waals surface area contributed by atoms with E-state index in [4.69, 9.17) is 14.2 Å². The summed E-state index contributed by atoms with van der Waals surface area (Å²) in [5.41, 5.74) is 2.77. The molecule has 1 fully saturated rings. The molecule has 0 saturated carbocycles. The fourth-order valence-corrected chi connectivity index (χ4v) is 2.93. The summed E-state index contributed by atoms with van der Waals surface area (Å²) < 4.78 is 18.0. The highest BCUT2D eigenvalue weighted by Gasteiger charge is 2.35. The molecule has 0 aliphatic carbocycles. The number of aromatic nitrogens is 2. The summed E-state index contributed by atoms with van der Waals surface area (Å²) in [5, 5.41) is 0. The summed E-state index contributed by atoms with van der Waals surface area (Å²) in [6.07, 6.45) is 4.73. The lowest BCUT2D eigenvalue weighted by molar-refractivity contribution is -0.397. The molecule has 2 aromatic carbocycles. The van der Waals surface area contributed by atoms with Crippen LogP contribution in [0.25, 0.3) is 11.4 Å². The second-order valence-electron chi connectivity index (χ2n) is 6.37. The third-order valence-electron chi connectivity index (χ3n) is 4.41. The first-order valence-electron chi connectivity index (χ1n) is 9.25. The number of ether oxygens (including phenoxy) is 3. The zero-order chi connectivity index (χ0) is 18.5. The molecule has 1 aromatic heterocycles. The number of nitrogens with zero attached hydrogens (tertiary/aromatic N) is 2. The van der Waals surface area contributed by atoms with E-state index in [-0.39, 0.29) is 6.29 Å². The lowest BCUT2D eigenvalue weighted by Gasteiger charge is -2.37. The molecule has 27 heavy (non-hydrogen) atoms. The van der Waals surface area contributed by atoms with E-state index in [1.807, 2.05) is 48.5 Å². The van der Waals surface area contributed by atoms with Gasteiger partial charge in [-0.05, 0) is 30.7 Å². The van der Waals surface area contributed by atoms with Crippen LogP contribution in [0, 0.1) is 0 Å². The van der Waals surface area contributed by atoms with Gasteiger partial charge in [0.05, 0.1) is 12.2 Å². The van der Waals surface area contributed by atoms with E-state index in [9.17, 15) is 0 Å². The van der Waals surface area contributed by atoms with Crippen molar-refractivity contribution in [1.29, 1.82) is 0 Å². The maximum atomic E-state index is 6.01. The third-order valence-corrected chi connectivity index (χ3v) is 4.41. The maximum absolute atomic E-state index is 6.01. The predicted octanol–water partition coefficient (Wildman–Crippen LogP) is 5.07. The topological polar surface area (TPSA) is 53.5 Å². The molecular weight excluding hydrogens is 340 g/mol. The van der Waals surface area contributed by atoms with Crippen molar-refractivity contribution < 1.29 is 14.2 Å². The first-order valence-corrected chi connectivity index (χ1v) is 9.25. The van der Waals surface area contributed by atoms with E-state index in [0.29, 0.717) is 12.4 Å². The fourth-order valence-electron chi connectivity index (χ4n) is 2.93. The Kier molecular flexibility index (Phi) is 5.42. The standard InChI is InChI=1S/C22H22N2O3/c1-2-3-14-25-19-11-10-17(20-23-12-7-13-24-20)15-18(19)22-26-21(27-22)16-8-5-4-6-9-16/h4-13,15,21-22H,2-3,14H2,1H3. The average molecular weight is 362 g/mol. The second-order valence-corrected chi connectivity index (χ2v) is 6.37. The predicted molar refractivity (Wildman–Crippen MR) is 102 cm³/mol. The fraction of sp³-hybridized carbons (Fsp3) is 0.273. The molecule has 1 aliphatic heterocycles. The molecule has 3 aromatic rings. The Labute approximate surface area is 159 Å². The summed E-state index contributed by atoms with van der Waals surface area (Å²) >= 11 is 0. The first-order chi connectivity index (χ1) is 13.3. The Balaban J connectivity index is 1.57. The molecule has 2 heterocycles. The molecule has 1 aliphatic rings. The van der Waals surface area contributed by atoms with Gasteiger partial charge in [0, 0.05) is 23.5 Å². The second kappa shape index (κ2) is 8.29. The van der Waals surface area contributed by atoms with Crippen LogP contribution in [0.1, 0.15) is 43.5 Å². The summed E-state index contributed by atoms with van der Waals surface area (Å²) in [6, 6.07) is 17.6. The molecule has 0 radical (unpaired) electrons. The minimum Gasteiger partial charge on any atom is -0.493 e. The van der Waals surface area contributed by atoms with E-state index in [1.54, 1.807) is 18.5 Å². The smallest absolute Gasteiger partial charge is 0.194 e. The van der Waals surface area contributed by atoms with Gasteiger partial charge in [-0.25, -0.2) is 9.97 Å². The van der Waals surface area contributed by atoms with Gasteiger partial charge in [0.2, 0.25) is 0 Å². The Hall–Kier alpha value is -2.76. The molecule has 0 spiro atoms. The van der Waals surface area contributed by atoms with Crippen molar-refractivity contribution in [2.75, 3.05) is 6.61 Å². The van der Waals surface area contributed by atoms with Crippen LogP contribution < -0.4 is 4.74 Å². The van der Waals surface area contributed by atoms with E-state index < -0.39 is 6.29 Å². The molecule has 0 unspecified atom stereocenters. The minimum absolute atomic E-state index is 0.351. The highest BCUT2D eigenvalue weighted by Crippen LogP contribution is 2.45. The van der Waals surface area contributed by atoms with Crippen LogP contribution in [0.5, 0.6) is 5.75 Å². The Morgan fingerprint density at radius 2 is 1.70 bits per heavy atom. The Morgan fingerprint density at radius 3 is 2.44 bits per heavy atom. The van der Waals surface area contributed by atoms with E-state index in [0.717, 1.165) is 35.3 Å². The molecule has 0 amide bonds. The molecule has 4 rings (SSSR count). The van der Waals surface area contributed by atoms with Gasteiger partial charge in [0.1, 0.15) is 5.75 Å². The molecule has 5 heteroatoms. The number of unbranched alkanes of at least 4 members (excludes halogenated alkanes) is 1. The SMILES string of the molecule is CCCCOc1ccc(-c2ncccn2)cc1C1OC(c2ccccc2)O1. The van der Waals surface area contributed by atoms with Crippen molar-refractivity contribution in [3.63, 3.8) is 0 Å². The van der Waals surface area contributed by atoms with Crippen molar-refractivity contribution in [3.05, 3.63) is 78.1 Å². The highest BCUT2D eigenvalue weighted by atomic mass is 16.9. The normalized spacial score (nSPS) is 18.7. The highest BCUT2D eigenvalue weighted by molar-refractivity contribution is 5.59. The number of hydrogen-bond donors (Lipinski definition) is 0. The Morgan fingerprint density at radius 1 is 0.926 bits per heavy atom. The summed E-state index contributed by atoms with van der Waals surface area (Å²) in [6.45, 7) is 2.81. The van der Waals surface area contributed by atoms with Crippen LogP contribution in [0.15, 0.2) is 67.0 Å². The van der Waals surface area contributed by atoms with Crippen LogP contribution in [0.2, 0.25) is 0 Å². The van der Waals surface area contributed by atoms with Crippen molar-refractivity contribution >= 4 is 0 Å². The quantitative estimate of drug-likeness (QED) is 0.550. The number of rotatable bonds is 7. The summed E-state index contributed by atoms with van der Waals surface area (Å²) in [4.78, 5) is 8.65. The van der Waals surface area contributed by atoms with Gasteiger partial charge in [-0.15, -0.1) is 0 Å². The molecule has 0 bridgehead atoms. The van der Waals surface area contributed by atoms with Gasteiger partial charge >= 0.3 is 0 Å². The third kappa shape index (κ3) is 3.99. The van der Waals surface area contributed by atoms with Crippen molar-refractivity contribution in [2.24, 2.45) is 0 Å². The van der Waals surface area contributed by atoms with E-state index in [1.165, 1.54) is 0 Å². The lowest BCUT2D eigenvalue weighted by atomic mass is 10.1. The zero-order valence-electron chi connectivity index (χ0n) is 15.2. The first kappa shape index (κ1) is 17.6. The Bertz CT molecular complexity index is 865. The summed E-state index contributed by atoms with van der Waals surface area (Å²) in [5.74, 6) is 1.44. The van der Waals surface area contributed by atoms with E-state index in [2.05, 4.69) is 16.9 Å². The van der Waals surface area contributed by atoms with Gasteiger partial charge in [-0.1, -0.05) is 43.7 Å².